The van der Waals surface area contributed by atoms with Crippen LogP contribution in [0, 0.1) is 5.82 Å². The summed E-state index contributed by atoms with van der Waals surface area (Å²) in [5.41, 5.74) is 0.839. The molecule has 1 aliphatic rings. The molecule has 0 fully saturated rings. The van der Waals surface area contributed by atoms with Crippen molar-refractivity contribution in [1.82, 2.24) is 10.3 Å². The van der Waals surface area contributed by atoms with E-state index in [9.17, 15) is 9.18 Å². The van der Waals surface area contributed by atoms with Crippen molar-refractivity contribution >= 4 is 23.1 Å². The Morgan fingerprint density at radius 2 is 2.08 bits per heavy atom. The number of nitrogens with zero attached hydrogens (tertiary/aromatic N) is 2. The molecule has 3 rings (SSSR count). The molecule has 25 heavy (non-hydrogen) atoms. The maximum absolute atomic E-state index is 13.4. The third-order valence-electron chi connectivity index (χ3n) is 4.26. The zero-order valence-corrected chi connectivity index (χ0v) is 15.0. The number of carbonyl (C=O) groups excluding carboxylic acids is 1. The molecule has 0 spiro atoms. The average Bonchev–Trinajstić information content (AvgIpc) is 3.15. The fourth-order valence-electron chi connectivity index (χ4n) is 3.09. The Morgan fingerprint density at radius 3 is 2.64 bits per heavy atom. The van der Waals surface area contributed by atoms with Gasteiger partial charge in [0.1, 0.15) is 11.4 Å². The number of aromatic nitrogens is 1. The molecule has 1 aromatic heterocycles. The van der Waals surface area contributed by atoms with Crippen LogP contribution in [0.25, 0.3) is 0 Å². The Kier molecular flexibility index (Phi) is 4.67. The topological polar surface area (TPSA) is 63.6 Å². The van der Waals surface area contributed by atoms with Crippen molar-refractivity contribution in [3.05, 3.63) is 63.5 Å². The van der Waals surface area contributed by atoms with E-state index in [1.54, 1.807) is 18.3 Å². The predicted octanol–water partition coefficient (Wildman–Crippen LogP) is 3.38. The molecule has 0 bridgehead atoms. The molecule has 1 aromatic carbocycles. The number of methoxy groups -OCH3 is 1. The molecule has 0 amide bonds. The van der Waals surface area contributed by atoms with Crippen LogP contribution in [0.1, 0.15) is 30.8 Å². The lowest BCUT2D eigenvalue weighted by atomic mass is 9.78. The van der Waals surface area contributed by atoms with Crippen LogP contribution in [0.4, 0.5) is 4.39 Å². The molecule has 0 aliphatic carbocycles. The van der Waals surface area contributed by atoms with Gasteiger partial charge in [-0.1, -0.05) is 19.1 Å². The van der Waals surface area contributed by atoms with E-state index < -0.39 is 11.5 Å². The quantitative estimate of drug-likeness (QED) is 0.850. The van der Waals surface area contributed by atoms with Gasteiger partial charge in [-0.15, -0.1) is 11.3 Å². The van der Waals surface area contributed by atoms with Gasteiger partial charge in [-0.2, -0.15) is 0 Å². The van der Waals surface area contributed by atoms with Gasteiger partial charge in [0.15, 0.2) is 10.8 Å². The van der Waals surface area contributed by atoms with Crippen LogP contribution in [0.2, 0.25) is 0 Å². The van der Waals surface area contributed by atoms with Gasteiger partial charge >= 0.3 is 5.97 Å². The number of carbonyl (C=O) groups is 1. The van der Waals surface area contributed by atoms with Gasteiger partial charge in [0.05, 0.1) is 12.7 Å². The summed E-state index contributed by atoms with van der Waals surface area (Å²) in [6, 6.07) is 6.06. The summed E-state index contributed by atoms with van der Waals surface area (Å²) in [6.07, 6.45) is 2.21. The van der Waals surface area contributed by atoms with E-state index in [-0.39, 0.29) is 5.82 Å². The number of halogens is 1. The molecule has 1 N–H and O–H groups in total. The maximum atomic E-state index is 13.4. The highest BCUT2D eigenvalue weighted by molar-refractivity contribution is 7.11. The third-order valence-corrected chi connectivity index (χ3v) is 5.03. The molecule has 1 unspecified atom stereocenters. The molecule has 0 saturated carbocycles. The van der Waals surface area contributed by atoms with Gasteiger partial charge in [0, 0.05) is 17.3 Å². The van der Waals surface area contributed by atoms with E-state index in [1.807, 2.05) is 19.2 Å². The lowest BCUT2D eigenvalue weighted by Gasteiger charge is -2.36. The second kappa shape index (κ2) is 6.76. The number of nitrogens with one attached hydrogen (secondary N) is 1. The first kappa shape index (κ1) is 17.3. The van der Waals surface area contributed by atoms with E-state index in [2.05, 4.69) is 10.3 Å². The van der Waals surface area contributed by atoms with E-state index >= 15 is 0 Å². The Hall–Kier alpha value is -2.54. The van der Waals surface area contributed by atoms with Gasteiger partial charge in [-0.25, -0.2) is 19.2 Å². The molecule has 0 radical (unpaired) electrons. The van der Waals surface area contributed by atoms with E-state index in [0.717, 1.165) is 10.6 Å². The Balaban J connectivity index is 2.24. The van der Waals surface area contributed by atoms with Crippen molar-refractivity contribution in [2.75, 3.05) is 7.11 Å². The molecule has 7 heteroatoms. The molecular formula is C18H18FN3O2S. The minimum absolute atomic E-state index is 0.339. The van der Waals surface area contributed by atoms with Crippen LogP contribution in [0.5, 0.6) is 0 Å². The molecule has 1 aliphatic heterocycles. The maximum Gasteiger partial charge on any atom is 0.338 e. The number of amidine groups is 1. The SMILES string of the molecule is CCC1(c2ccc(F)cc2)N=C(c2nccs2)NC(C)=C1C(=O)OC. The first-order chi connectivity index (χ1) is 12.0. The number of aliphatic imine (C=N–C) groups is 1. The number of hydrogen-bond acceptors (Lipinski definition) is 6. The van der Waals surface area contributed by atoms with Crippen molar-refractivity contribution in [3.63, 3.8) is 0 Å². The predicted molar refractivity (Wildman–Crippen MR) is 94.9 cm³/mol. The molecular weight excluding hydrogens is 341 g/mol. The lowest BCUT2D eigenvalue weighted by molar-refractivity contribution is -0.137. The van der Waals surface area contributed by atoms with E-state index in [4.69, 9.17) is 9.73 Å². The first-order valence-corrected chi connectivity index (χ1v) is 8.72. The summed E-state index contributed by atoms with van der Waals surface area (Å²) in [6.45, 7) is 3.75. The van der Waals surface area contributed by atoms with Crippen LogP contribution in [0.15, 0.2) is 52.1 Å². The molecule has 2 heterocycles. The zero-order chi connectivity index (χ0) is 18.0. The summed E-state index contributed by atoms with van der Waals surface area (Å²) in [4.78, 5) is 21.7. The first-order valence-electron chi connectivity index (χ1n) is 7.84. The van der Waals surface area contributed by atoms with Crippen LogP contribution in [-0.2, 0) is 15.1 Å². The van der Waals surface area contributed by atoms with Crippen LogP contribution in [-0.4, -0.2) is 23.9 Å². The number of allylic oxidation sites excluding steroid dienone is 1. The third kappa shape index (κ3) is 2.95. The lowest BCUT2D eigenvalue weighted by Crippen LogP contribution is -2.42. The molecule has 0 saturated heterocycles. The van der Waals surface area contributed by atoms with Gasteiger partial charge < -0.3 is 10.1 Å². The highest BCUT2D eigenvalue weighted by atomic mass is 32.1. The summed E-state index contributed by atoms with van der Waals surface area (Å²) in [5, 5.41) is 5.74. The normalized spacial score (nSPS) is 20.1. The molecule has 1 atom stereocenters. The molecule has 5 nitrogen and oxygen atoms in total. The van der Waals surface area contributed by atoms with E-state index in [1.165, 1.54) is 30.6 Å². The largest absolute Gasteiger partial charge is 0.466 e. The van der Waals surface area contributed by atoms with Crippen molar-refractivity contribution in [3.8, 4) is 0 Å². The Morgan fingerprint density at radius 1 is 1.36 bits per heavy atom. The van der Waals surface area contributed by atoms with Gasteiger partial charge in [-0.3, -0.25) is 0 Å². The minimum Gasteiger partial charge on any atom is -0.466 e. The summed E-state index contributed by atoms with van der Waals surface area (Å²) >= 11 is 1.45. The number of thiazole rings is 1. The van der Waals surface area contributed by atoms with Crippen LogP contribution >= 0.6 is 11.3 Å². The Labute approximate surface area is 149 Å². The summed E-state index contributed by atoms with van der Waals surface area (Å²) < 4.78 is 18.4. The zero-order valence-electron chi connectivity index (χ0n) is 14.2. The second-order valence-corrected chi connectivity index (χ2v) is 6.53. The molecule has 130 valence electrons. The highest BCUT2D eigenvalue weighted by Crippen LogP contribution is 2.41. The molecule has 2 aromatic rings. The number of esters is 1. The summed E-state index contributed by atoms with van der Waals surface area (Å²) in [7, 11) is 1.34. The Bertz CT molecular complexity index is 844. The highest BCUT2D eigenvalue weighted by Gasteiger charge is 2.43. The summed E-state index contributed by atoms with van der Waals surface area (Å²) in [5.74, 6) is -0.210. The smallest absolute Gasteiger partial charge is 0.338 e. The van der Waals surface area contributed by atoms with E-state index in [0.29, 0.717) is 23.5 Å². The minimum atomic E-state index is -0.961. The van der Waals surface area contributed by atoms with Gasteiger partial charge in [0.2, 0.25) is 0 Å². The van der Waals surface area contributed by atoms with Crippen molar-refractivity contribution in [1.29, 1.82) is 0 Å². The number of ether oxygens (including phenoxy) is 1. The number of benzene rings is 1. The monoisotopic (exact) mass is 359 g/mol. The second-order valence-electron chi connectivity index (χ2n) is 5.63. The fraction of sp³-hybridized carbons (Fsp3) is 0.278. The van der Waals surface area contributed by atoms with Crippen molar-refractivity contribution in [2.45, 2.75) is 25.8 Å². The standard InChI is InChI=1S/C18H18FN3O2S/c1-4-18(12-5-7-13(19)8-6-12)14(17(23)24-3)11(2)21-15(22-18)16-20-9-10-25-16/h5-10H,4H2,1-3H3,(H,21,22). The van der Waals surface area contributed by atoms with Crippen molar-refractivity contribution < 1.29 is 13.9 Å². The number of rotatable bonds is 4. The van der Waals surface area contributed by atoms with Gasteiger partial charge in [0.25, 0.3) is 0 Å². The van der Waals surface area contributed by atoms with Gasteiger partial charge in [-0.05, 0) is 31.0 Å². The van der Waals surface area contributed by atoms with Crippen LogP contribution < -0.4 is 5.32 Å². The number of hydrogen-bond donors (Lipinski definition) is 1. The van der Waals surface area contributed by atoms with Crippen molar-refractivity contribution in [2.24, 2.45) is 4.99 Å². The fourth-order valence-corrected chi connectivity index (χ4v) is 3.67. The van der Waals surface area contributed by atoms with Crippen LogP contribution in [0.3, 0.4) is 0 Å². The average molecular weight is 359 g/mol.